The Morgan fingerprint density at radius 2 is 2.04 bits per heavy atom. The quantitative estimate of drug-likeness (QED) is 0.481. The molecule has 0 bridgehead atoms. The van der Waals surface area contributed by atoms with Gasteiger partial charge in [-0.25, -0.2) is 14.6 Å². The van der Waals surface area contributed by atoms with Crippen LogP contribution in [0.25, 0.3) is 0 Å². The van der Waals surface area contributed by atoms with E-state index in [9.17, 15) is 4.79 Å². The molecule has 23 heavy (non-hydrogen) atoms. The van der Waals surface area contributed by atoms with E-state index in [1.54, 1.807) is 0 Å². The maximum absolute atomic E-state index is 12.1. The lowest BCUT2D eigenvalue weighted by atomic mass is 9.81. The molecule has 1 aromatic carbocycles. The molecule has 3 rings (SSSR count). The minimum atomic E-state index is -0.285. The second-order valence-corrected chi connectivity index (χ2v) is 5.97. The Morgan fingerprint density at radius 1 is 1.35 bits per heavy atom. The summed E-state index contributed by atoms with van der Waals surface area (Å²) in [6.07, 6.45) is 0. The first kappa shape index (κ1) is 16.1. The number of carbonyl (C=O) groups excluding carboxylic acids is 1. The lowest BCUT2D eigenvalue weighted by Gasteiger charge is -2.34. The lowest BCUT2D eigenvalue weighted by Crippen LogP contribution is -2.30. The number of esters is 1. The minimum absolute atomic E-state index is 0.0833. The number of hydrogen-bond donors (Lipinski definition) is 0. The first-order chi connectivity index (χ1) is 11.0. The summed E-state index contributed by atoms with van der Waals surface area (Å²) in [5, 5.41) is 0.671. The Hall–Kier alpha value is -1.82. The molecule has 0 fully saturated rings. The van der Waals surface area contributed by atoms with Gasteiger partial charge in [0.15, 0.2) is 0 Å². The van der Waals surface area contributed by atoms with E-state index in [0.717, 1.165) is 22.4 Å². The van der Waals surface area contributed by atoms with E-state index in [1.807, 2.05) is 43.1 Å². The summed E-state index contributed by atoms with van der Waals surface area (Å²) >= 11 is 6.00. The summed E-state index contributed by atoms with van der Waals surface area (Å²) in [6, 6.07) is 7.62. The molecule has 0 N–H and O–H groups in total. The van der Waals surface area contributed by atoms with Crippen LogP contribution >= 0.6 is 11.6 Å². The number of ether oxygens (including phenoxy) is 1. The van der Waals surface area contributed by atoms with E-state index in [0.29, 0.717) is 17.3 Å². The summed E-state index contributed by atoms with van der Waals surface area (Å²) in [7, 11) is 3.34. The first-order valence-corrected chi connectivity index (χ1v) is 7.67. The summed E-state index contributed by atoms with van der Waals surface area (Å²) in [6.45, 7) is 2.56. The van der Waals surface area contributed by atoms with Gasteiger partial charge in [-0.2, -0.15) is 0 Å². The van der Waals surface area contributed by atoms with Gasteiger partial charge >= 0.3 is 5.97 Å². The highest BCUT2D eigenvalue weighted by Gasteiger charge is 2.40. The van der Waals surface area contributed by atoms with Crippen molar-refractivity contribution in [1.82, 2.24) is 4.90 Å². The average molecular weight is 336 g/mol. The number of rotatable bonds is 4. The second kappa shape index (κ2) is 6.35. The Labute approximate surface area is 140 Å². The minimum Gasteiger partial charge on any atom is -0.456 e. The smallest absolute Gasteiger partial charge is 0.355 e. The molecule has 122 valence electrons. The van der Waals surface area contributed by atoms with Crippen molar-refractivity contribution >= 4 is 17.6 Å². The van der Waals surface area contributed by atoms with E-state index < -0.39 is 0 Å². The van der Waals surface area contributed by atoms with Crippen molar-refractivity contribution in [2.24, 2.45) is 0 Å². The van der Waals surface area contributed by atoms with Crippen LogP contribution in [-0.2, 0) is 19.3 Å². The zero-order valence-corrected chi connectivity index (χ0v) is 14.0. The van der Waals surface area contributed by atoms with Crippen LogP contribution in [0.5, 0.6) is 0 Å². The number of allylic oxidation sites excluding steroid dienone is 1. The first-order valence-electron chi connectivity index (χ1n) is 7.29. The number of carbonyl (C=O) groups is 1. The fourth-order valence-corrected chi connectivity index (χ4v) is 3.28. The number of likely N-dealkylation sites (N-methyl/N-ethyl adjacent to an activating group) is 1. The van der Waals surface area contributed by atoms with Crippen molar-refractivity contribution < 1.29 is 19.3 Å². The standard InChI is InChI=1S/C17H18ClNO4/c1-10-13(9-23-21-3)15(11-4-6-12(18)7-5-11)14-8-22-17(20)16(14)19(10)2/h4-7,15H,8-9H2,1-3H3. The zero-order valence-electron chi connectivity index (χ0n) is 13.3. The van der Waals surface area contributed by atoms with Gasteiger partial charge in [-0.15, -0.1) is 0 Å². The van der Waals surface area contributed by atoms with Crippen molar-refractivity contribution in [3.05, 3.63) is 57.4 Å². The number of nitrogens with zero attached hydrogens (tertiary/aromatic N) is 1. The molecule has 1 atom stereocenters. The van der Waals surface area contributed by atoms with Gasteiger partial charge in [0.25, 0.3) is 0 Å². The van der Waals surface area contributed by atoms with Crippen LogP contribution in [0.1, 0.15) is 18.4 Å². The summed E-state index contributed by atoms with van der Waals surface area (Å²) in [5.41, 5.74) is 4.60. The average Bonchev–Trinajstić information content (AvgIpc) is 2.92. The fraction of sp³-hybridized carbons (Fsp3) is 0.353. The highest BCUT2D eigenvalue weighted by molar-refractivity contribution is 6.30. The van der Waals surface area contributed by atoms with Gasteiger partial charge < -0.3 is 9.64 Å². The third kappa shape index (κ3) is 2.76. The summed E-state index contributed by atoms with van der Waals surface area (Å²) in [5.74, 6) is -0.368. The van der Waals surface area contributed by atoms with Crippen LogP contribution in [0.2, 0.25) is 5.02 Å². The Kier molecular flexibility index (Phi) is 4.43. The van der Waals surface area contributed by atoms with Gasteiger partial charge in [0.05, 0.1) is 7.11 Å². The normalized spacial score (nSPS) is 21.0. The van der Waals surface area contributed by atoms with Crippen LogP contribution in [-0.4, -0.2) is 38.2 Å². The van der Waals surface area contributed by atoms with E-state index in [-0.39, 0.29) is 18.5 Å². The molecule has 0 saturated heterocycles. The zero-order chi connectivity index (χ0) is 16.6. The fourth-order valence-electron chi connectivity index (χ4n) is 3.15. The largest absolute Gasteiger partial charge is 0.456 e. The Bertz CT molecular complexity index is 693. The van der Waals surface area contributed by atoms with Crippen molar-refractivity contribution in [3.63, 3.8) is 0 Å². The Balaban J connectivity index is 2.11. The monoisotopic (exact) mass is 335 g/mol. The molecule has 2 heterocycles. The maximum atomic E-state index is 12.1. The third-order valence-corrected chi connectivity index (χ3v) is 4.64. The van der Waals surface area contributed by atoms with Gasteiger partial charge in [-0.05, 0) is 30.2 Å². The van der Waals surface area contributed by atoms with Crippen molar-refractivity contribution in [2.75, 3.05) is 27.4 Å². The topological polar surface area (TPSA) is 48.0 Å². The molecule has 0 amide bonds. The van der Waals surface area contributed by atoms with Gasteiger partial charge in [0.1, 0.15) is 18.9 Å². The maximum Gasteiger partial charge on any atom is 0.355 e. The molecule has 2 aliphatic rings. The van der Waals surface area contributed by atoms with Gasteiger partial charge in [-0.1, -0.05) is 23.7 Å². The second-order valence-electron chi connectivity index (χ2n) is 5.53. The van der Waals surface area contributed by atoms with Crippen LogP contribution in [0, 0.1) is 0 Å². The Morgan fingerprint density at radius 3 is 2.70 bits per heavy atom. The molecule has 0 aliphatic carbocycles. The van der Waals surface area contributed by atoms with Crippen LogP contribution in [0.3, 0.4) is 0 Å². The number of hydrogen-bond acceptors (Lipinski definition) is 5. The predicted octanol–water partition coefficient (Wildman–Crippen LogP) is 3.03. The van der Waals surface area contributed by atoms with Crippen LogP contribution in [0.4, 0.5) is 0 Å². The number of cyclic esters (lactones) is 1. The van der Waals surface area contributed by atoms with E-state index in [1.165, 1.54) is 7.11 Å². The summed E-state index contributed by atoms with van der Waals surface area (Å²) in [4.78, 5) is 23.9. The SMILES string of the molecule is COOCC1=C(C)N(C)C2=C(COC2=O)C1c1ccc(Cl)cc1. The van der Waals surface area contributed by atoms with E-state index in [2.05, 4.69) is 0 Å². The van der Waals surface area contributed by atoms with Crippen molar-refractivity contribution in [2.45, 2.75) is 12.8 Å². The molecule has 0 aromatic heterocycles. The molecule has 0 spiro atoms. The van der Waals surface area contributed by atoms with E-state index in [4.69, 9.17) is 26.1 Å². The van der Waals surface area contributed by atoms with Crippen molar-refractivity contribution in [3.8, 4) is 0 Å². The van der Waals surface area contributed by atoms with Crippen molar-refractivity contribution in [1.29, 1.82) is 0 Å². The highest BCUT2D eigenvalue weighted by Crippen LogP contribution is 2.44. The molecule has 0 radical (unpaired) electrons. The molecule has 2 aliphatic heterocycles. The molecule has 5 nitrogen and oxygen atoms in total. The molecular weight excluding hydrogens is 318 g/mol. The molecule has 1 aromatic rings. The number of benzene rings is 1. The highest BCUT2D eigenvalue weighted by atomic mass is 35.5. The molecular formula is C17H18ClNO4. The molecule has 0 saturated carbocycles. The summed E-state index contributed by atoms with van der Waals surface area (Å²) < 4.78 is 5.27. The van der Waals surface area contributed by atoms with E-state index >= 15 is 0 Å². The van der Waals surface area contributed by atoms with Gasteiger partial charge in [-0.3, -0.25) is 0 Å². The van der Waals surface area contributed by atoms with Gasteiger partial charge in [0, 0.05) is 29.3 Å². The van der Waals surface area contributed by atoms with Gasteiger partial charge in [0.2, 0.25) is 0 Å². The van der Waals surface area contributed by atoms with Crippen LogP contribution < -0.4 is 0 Å². The predicted molar refractivity (Wildman–Crippen MR) is 85.6 cm³/mol. The number of halogens is 1. The molecule has 6 heteroatoms. The molecule has 1 unspecified atom stereocenters. The third-order valence-electron chi connectivity index (χ3n) is 4.39. The van der Waals surface area contributed by atoms with Crippen LogP contribution in [0.15, 0.2) is 46.8 Å². The lowest BCUT2D eigenvalue weighted by molar-refractivity contribution is -0.265.